The van der Waals surface area contributed by atoms with Crippen molar-refractivity contribution in [3.05, 3.63) is 39.4 Å². The number of amides is 1. The summed E-state index contributed by atoms with van der Waals surface area (Å²) >= 11 is 0. The lowest BCUT2D eigenvalue weighted by atomic mass is 10.1. The van der Waals surface area contributed by atoms with Crippen LogP contribution in [0.15, 0.2) is 18.2 Å². The highest BCUT2D eigenvalue weighted by molar-refractivity contribution is 5.67. The number of nitro benzene ring substituents is 1. The van der Waals surface area contributed by atoms with Gasteiger partial charge >= 0.3 is 6.09 Å². The van der Waals surface area contributed by atoms with Crippen LogP contribution in [0.5, 0.6) is 0 Å². The Bertz CT molecular complexity index is 508. The number of aliphatic hydroxyl groups is 1. The summed E-state index contributed by atoms with van der Waals surface area (Å²) in [6.07, 6.45) is -0.568. The van der Waals surface area contributed by atoms with Crippen LogP contribution in [-0.4, -0.2) is 21.7 Å². The second kappa shape index (κ2) is 6.33. The lowest BCUT2D eigenvalue weighted by Gasteiger charge is -2.19. The number of carbonyl (C=O) groups is 1. The Morgan fingerprint density at radius 1 is 1.45 bits per heavy atom. The van der Waals surface area contributed by atoms with E-state index in [9.17, 15) is 14.9 Å². The first kappa shape index (κ1) is 15.9. The molecule has 0 aliphatic rings. The molecule has 0 unspecified atom stereocenters. The molecule has 0 aliphatic carbocycles. The second-order valence-electron chi connectivity index (χ2n) is 5.23. The molecule has 20 heavy (non-hydrogen) atoms. The van der Waals surface area contributed by atoms with Crippen molar-refractivity contribution < 1.29 is 19.6 Å². The van der Waals surface area contributed by atoms with Gasteiger partial charge in [-0.05, 0) is 32.4 Å². The molecule has 110 valence electrons. The van der Waals surface area contributed by atoms with E-state index in [0.29, 0.717) is 5.56 Å². The number of ether oxygens (including phenoxy) is 1. The van der Waals surface area contributed by atoms with Crippen LogP contribution in [0.4, 0.5) is 10.5 Å². The Hall–Kier alpha value is -2.15. The molecule has 0 atom stereocenters. The predicted molar refractivity (Wildman–Crippen MR) is 72.1 cm³/mol. The first-order chi connectivity index (χ1) is 9.23. The van der Waals surface area contributed by atoms with Gasteiger partial charge in [-0.15, -0.1) is 0 Å². The van der Waals surface area contributed by atoms with Gasteiger partial charge in [0.1, 0.15) is 5.60 Å². The van der Waals surface area contributed by atoms with Gasteiger partial charge in [0.15, 0.2) is 0 Å². The minimum Gasteiger partial charge on any atom is -0.444 e. The molecular formula is C13H18N2O5. The third-order valence-corrected chi connectivity index (χ3v) is 2.35. The van der Waals surface area contributed by atoms with E-state index < -0.39 is 23.2 Å². The molecule has 0 aliphatic heterocycles. The number of aliphatic hydroxyl groups excluding tert-OH is 1. The predicted octanol–water partition coefficient (Wildman–Crippen LogP) is 2.11. The Morgan fingerprint density at radius 2 is 2.10 bits per heavy atom. The number of alkyl carbamates (subject to hydrolysis) is 1. The first-order valence-corrected chi connectivity index (χ1v) is 6.07. The Labute approximate surface area is 116 Å². The number of benzene rings is 1. The molecule has 0 saturated carbocycles. The topological polar surface area (TPSA) is 102 Å². The molecule has 2 N–H and O–H groups in total. The van der Waals surface area contributed by atoms with E-state index in [2.05, 4.69) is 5.32 Å². The summed E-state index contributed by atoms with van der Waals surface area (Å²) in [4.78, 5) is 21.6. The Balaban J connectivity index is 2.70. The molecule has 0 aromatic heterocycles. The molecule has 0 bridgehead atoms. The Kier molecular flexibility index (Phi) is 5.04. The van der Waals surface area contributed by atoms with Crippen LogP contribution >= 0.6 is 0 Å². The molecule has 0 spiro atoms. The molecular weight excluding hydrogens is 264 g/mol. The van der Waals surface area contributed by atoms with Gasteiger partial charge in [-0.25, -0.2) is 4.79 Å². The van der Waals surface area contributed by atoms with Crippen molar-refractivity contribution in [3.63, 3.8) is 0 Å². The number of carbonyl (C=O) groups excluding carboxylic acids is 1. The summed E-state index contributed by atoms with van der Waals surface area (Å²) in [7, 11) is 0. The van der Waals surface area contributed by atoms with Gasteiger partial charge in [0.05, 0.1) is 17.1 Å². The lowest BCUT2D eigenvalue weighted by molar-refractivity contribution is -0.385. The van der Waals surface area contributed by atoms with E-state index in [1.165, 1.54) is 18.2 Å². The zero-order valence-electron chi connectivity index (χ0n) is 11.7. The van der Waals surface area contributed by atoms with Crippen molar-refractivity contribution in [1.82, 2.24) is 5.32 Å². The fraction of sp³-hybridized carbons (Fsp3) is 0.462. The van der Waals surface area contributed by atoms with Crippen molar-refractivity contribution in [3.8, 4) is 0 Å². The number of nitro groups is 1. The maximum Gasteiger partial charge on any atom is 0.407 e. The van der Waals surface area contributed by atoms with Crippen LogP contribution in [-0.2, 0) is 17.9 Å². The van der Waals surface area contributed by atoms with Gasteiger partial charge in [-0.3, -0.25) is 10.1 Å². The number of nitrogens with one attached hydrogen (secondary N) is 1. The van der Waals surface area contributed by atoms with E-state index in [0.717, 1.165) is 0 Å². The van der Waals surface area contributed by atoms with Gasteiger partial charge in [0, 0.05) is 12.6 Å². The molecule has 0 saturated heterocycles. The van der Waals surface area contributed by atoms with E-state index >= 15 is 0 Å². The highest BCUT2D eigenvalue weighted by atomic mass is 16.6. The summed E-state index contributed by atoms with van der Waals surface area (Å²) in [5.41, 5.74) is 0.119. The summed E-state index contributed by atoms with van der Waals surface area (Å²) in [6.45, 7) is 4.99. The van der Waals surface area contributed by atoms with Gasteiger partial charge in [0.25, 0.3) is 5.69 Å². The van der Waals surface area contributed by atoms with E-state index in [1.807, 2.05) is 0 Å². The lowest BCUT2D eigenvalue weighted by Crippen LogP contribution is -2.32. The highest BCUT2D eigenvalue weighted by Crippen LogP contribution is 2.20. The minimum absolute atomic E-state index is 0.145. The molecule has 0 fully saturated rings. The normalized spacial score (nSPS) is 11.0. The first-order valence-electron chi connectivity index (χ1n) is 6.07. The number of nitrogens with zero attached hydrogens (tertiary/aromatic N) is 1. The van der Waals surface area contributed by atoms with Gasteiger partial charge < -0.3 is 15.2 Å². The third kappa shape index (κ3) is 4.85. The molecule has 1 amide bonds. The largest absolute Gasteiger partial charge is 0.444 e. The van der Waals surface area contributed by atoms with Crippen molar-refractivity contribution in [2.75, 3.05) is 0 Å². The zero-order valence-corrected chi connectivity index (χ0v) is 11.7. The average molecular weight is 282 g/mol. The van der Waals surface area contributed by atoms with Crippen LogP contribution in [0.2, 0.25) is 0 Å². The smallest absolute Gasteiger partial charge is 0.407 e. The van der Waals surface area contributed by atoms with Gasteiger partial charge in [-0.1, -0.05) is 6.07 Å². The molecule has 1 rings (SSSR count). The quantitative estimate of drug-likeness (QED) is 0.650. The SMILES string of the molecule is CC(C)(C)OC(=O)NCc1ccc([N+](=O)[O-])c(CO)c1. The number of rotatable bonds is 4. The zero-order chi connectivity index (χ0) is 15.3. The summed E-state index contributed by atoms with van der Waals surface area (Å²) in [6, 6.07) is 4.31. The van der Waals surface area contributed by atoms with E-state index in [4.69, 9.17) is 9.84 Å². The van der Waals surface area contributed by atoms with Crippen molar-refractivity contribution >= 4 is 11.8 Å². The standard InChI is InChI=1S/C13H18N2O5/c1-13(2,3)20-12(17)14-7-9-4-5-11(15(18)19)10(6-9)8-16/h4-6,16H,7-8H2,1-3H3,(H,14,17). The average Bonchev–Trinajstić information content (AvgIpc) is 2.33. The van der Waals surface area contributed by atoms with Crippen molar-refractivity contribution in [1.29, 1.82) is 0 Å². The Morgan fingerprint density at radius 3 is 2.60 bits per heavy atom. The molecule has 1 aromatic rings. The van der Waals surface area contributed by atoms with Gasteiger partial charge in [-0.2, -0.15) is 0 Å². The maximum atomic E-state index is 11.5. The van der Waals surface area contributed by atoms with Crippen LogP contribution in [0.3, 0.4) is 0 Å². The highest BCUT2D eigenvalue weighted by Gasteiger charge is 2.17. The van der Waals surface area contributed by atoms with Crippen LogP contribution < -0.4 is 5.32 Å². The summed E-state index contributed by atoms with van der Waals surface area (Å²) in [5, 5.41) is 22.4. The molecule has 7 nitrogen and oxygen atoms in total. The van der Waals surface area contributed by atoms with Crippen molar-refractivity contribution in [2.45, 2.75) is 39.5 Å². The number of hydrogen-bond donors (Lipinski definition) is 2. The van der Waals surface area contributed by atoms with Crippen LogP contribution in [0.25, 0.3) is 0 Å². The van der Waals surface area contributed by atoms with E-state index in [1.54, 1.807) is 20.8 Å². The third-order valence-electron chi connectivity index (χ3n) is 2.35. The van der Waals surface area contributed by atoms with Gasteiger partial charge in [0.2, 0.25) is 0 Å². The molecule has 1 aromatic carbocycles. The van der Waals surface area contributed by atoms with E-state index in [-0.39, 0.29) is 17.8 Å². The maximum absolute atomic E-state index is 11.5. The second-order valence-corrected chi connectivity index (χ2v) is 5.23. The minimum atomic E-state index is -0.587. The van der Waals surface area contributed by atoms with Crippen molar-refractivity contribution in [2.24, 2.45) is 0 Å². The summed E-state index contributed by atoms with van der Waals surface area (Å²) < 4.78 is 5.07. The molecule has 0 heterocycles. The molecule has 7 heteroatoms. The summed E-state index contributed by atoms with van der Waals surface area (Å²) in [5.74, 6) is 0. The van der Waals surface area contributed by atoms with Crippen LogP contribution in [0.1, 0.15) is 31.9 Å². The number of hydrogen-bond acceptors (Lipinski definition) is 5. The monoisotopic (exact) mass is 282 g/mol. The fourth-order valence-electron chi connectivity index (χ4n) is 1.54. The fourth-order valence-corrected chi connectivity index (χ4v) is 1.54. The van der Waals surface area contributed by atoms with Crippen LogP contribution in [0, 0.1) is 10.1 Å². The molecule has 0 radical (unpaired) electrons.